The van der Waals surface area contributed by atoms with Gasteiger partial charge >= 0.3 is 0 Å². The second kappa shape index (κ2) is 6.60. The Bertz CT molecular complexity index is 457. The number of nitrogens with one attached hydrogen (secondary N) is 1. The van der Waals surface area contributed by atoms with Gasteiger partial charge in [-0.2, -0.15) is 0 Å². The summed E-state index contributed by atoms with van der Waals surface area (Å²) in [5, 5.41) is 4.12. The Morgan fingerprint density at radius 1 is 1.26 bits per heavy atom. The number of carbonyl (C=O) groups excluding carboxylic acids is 1. The van der Waals surface area contributed by atoms with E-state index in [0.717, 1.165) is 31.2 Å². The maximum absolute atomic E-state index is 12.0. The van der Waals surface area contributed by atoms with Gasteiger partial charge < -0.3 is 11.1 Å². The molecule has 0 atom stereocenters. The third kappa shape index (κ3) is 4.10. The van der Waals surface area contributed by atoms with Crippen LogP contribution in [-0.4, -0.2) is 11.9 Å². The summed E-state index contributed by atoms with van der Waals surface area (Å²) in [4.78, 5) is 12.0. The van der Waals surface area contributed by atoms with Crippen molar-refractivity contribution in [3.63, 3.8) is 0 Å². The number of amides is 1. The molecule has 1 aromatic rings. The molecular formula is C14H18Cl2N2O. The molecule has 0 aromatic heterocycles. The lowest BCUT2D eigenvalue weighted by molar-refractivity contribution is -0.126. The molecule has 1 aromatic carbocycles. The van der Waals surface area contributed by atoms with Crippen molar-refractivity contribution < 1.29 is 4.79 Å². The Balaban J connectivity index is 1.86. The van der Waals surface area contributed by atoms with Gasteiger partial charge in [-0.1, -0.05) is 29.3 Å². The van der Waals surface area contributed by atoms with E-state index >= 15 is 0 Å². The molecule has 0 unspecified atom stereocenters. The molecule has 1 aliphatic rings. The summed E-state index contributed by atoms with van der Waals surface area (Å²) in [5.41, 5.74) is 6.72. The lowest BCUT2D eigenvalue weighted by Crippen LogP contribution is -2.35. The highest BCUT2D eigenvalue weighted by Gasteiger charge is 2.24. The molecule has 0 bridgehead atoms. The third-order valence-electron chi connectivity index (χ3n) is 3.61. The molecule has 1 amide bonds. The van der Waals surface area contributed by atoms with Crippen molar-refractivity contribution in [1.82, 2.24) is 5.32 Å². The van der Waals surface area contributed by atoms with E-state index in [9.17, 15) is 4.79 Å². The molecule has 5 heteroatoms. The van der Waals surface area contributed by atoms with Crippen molar-refractivity contribution >= 4 is 29.1 Å². The Labute approximate surface area is 123 Å². The minimum Gasteiger partial charge on any atom is -0.352 e. The van der Waals surface area contributed by atoms with Gasteiger partial charge in [0.1, 0.15) is 0 Å². The number of hydrogen-bond donors (Lipinski definition) is 2. The molecule has 0 heterocycles. The molecule has 0 radical (unpaired) electrons. The molecule has 0 spiro atoms. The predicted octanol–water partition coefficient (Wildman–Crippen LogP) is 3.13. The number of nitrogens with two attached hydrogens (primary N) is 1. The normalized spacial score (nSPS) is 23.1. The highest BCUT2D eigenvalue weighted by molar-refractivity contribution is 6.35. The maximum Gasteiger partial charge on any atom is 0.223 e. The summed E-state index contributed by atoms with van der Waals surface area (Å²) in [6.45, 7) is 0.442. The van der Waals surface area contributed by atoms with Crippen LogP contribution in [0.25, 0.3) is 0 Å². The Kier molecular flexibility index (Phi) is 5.08. The van der Waals surface area contributed by atoms with Crippen molar-refractivity contribution in [1.29, 1.82) is 0 Å². The summed E-state index contributed by atoms with van der Waals surface area (Å²) < 4.78 is 0. The zero-order valence-electron chi connectivity index (χ0n) is 10.7. The highest BCUT2D eigenvalue weighted by atomic mass is 35.5. The molecule has 104 valence electrons. The minimum absolute atomic E-state index is 0.0888. The van der Waals surface area contributed by atoms with E-state index in [-0.39, 0.29) is 17.9 Å². The molecule has 3 N–H and O–H groups in total. The first kappa shape index (κ1) is 14.6. The van der Waals surface area contributed by atoms with E-state index in [1.54, 1.807) is 12.1 Å². The summed E-state index contributed by atoms with van der Waals surface area (Å²) >= 11 is 11.9. The lowest BCUT2D eigenvalue weighted by Gasteiger charge is -2.25. The van der Waals surface area contributed by atoms with Crippen molar-refractivity contribution in [3.05, 3.63) is 33.8 Å². The number of carbonyl (C=O) groups is 1. The van der Waals surface area contributed by atoms with Crippen molar-refractivity contribution in [2.75, 3.05) is 0 Å². The Morgan fingerprint density at radius 3 is 2.58 bits per heavy atom. The summed E-state index contributed by atoms with van der Waals surface area (Å²) in [5.74, 6) is 0.184. The number of hydrogen-bond acceptors (Lipinski definition) is 2. The largest absolute Gasteiger partial charge is 0.352 e. The van der Waals surface area contributed by atoms with Gasteiger partial charge in [0.15, 0.2) is 0 Å². The second-order valence-electron chi connectivity index (χ2n) is 5.07. The predicted molar refractivity (Wildman–Crippen MR) is 78.2 cm³/mol. The van der Waals surface area contributed by atoms with Gasteiger partial charge in [0.25, 0.3) is 0 Å². The zero-order chi connectivity index (χ0) is 13.8. The van der Waals surface area contributed by atoms with Gasteiger partial charge in [-0.05, 0) is 43.4 Å². The van der Waals surface area contributed by atoms with Crippen LogP contribution in [0.15, 0.2) is 18.2 Å². The van der Waals surface area contributed by atoms with E-state index in [4.69, 9.17) is 28.9 Å². The molecule has 1 aliphatic carbocycles. The molecule has 3 nitrogen and oxygen atoms in total. The summed E-state index contributed by atoms with van der Waals surface area (Å²) in [6, 6.07) is 5.55. The van der Waals surface area contributed by atoms with E-state index < -0.39 is 0 Å². The fraction of sp³-hybridized carbons (Fsp3) is 0.500. The highest BCUT2D eigenvalue weighted by Crippen LogP contribution is 2.24. The number of rotatable bonds is 3. The smallest absolute Gasteiger partial charge is 0.223 e. The Morgan fingerprint density at radius 2 is 1.95 bits per heavy atom. The van der Waals surface area contributed by atoms with Gasteiger partial charge in [0.05, 0.1) is 0 Å². The van der Waals surface area contributed by atoms with Crippen LogP contribution in [0.1, 0.15) is 31.2 Å². The molecule has 1 fully saturated rings. The van der Waals surface area contributed by atoms with E-state index in [1.165, 1.54) is 0 Å². The molecule has 19 heavy (non-hydrogen) atoms. The van der Waals surface area contributed by atoms with Crippen LogP contribution in [0.5, 0.6) is 0 Å². The molecule has 0 saturated heterocycles. The Hall–Kier alpha value is -0.770. The average molecular weight is 301 g/mol. The summed E-state index contributed by atoms with van der Waals surface area (Å²) in [6.07, 6.45) is 3.61. The van der Waals surface area contributed by atoms with Crippen molar-refractivity contribution in [2.24, 2.45) is 11.7 Å². The van der Waals surface area contributed by atoms with Gasteiger partial charge in [0, 0.05) is 28.5 Å². The van der Waals surface area contributed by atoms with Crippen LogP contribution in [-0.2, 0) is 11.3 Å². The lowest BCUT2D eigenvalue weighted by atomic mass is 9.86. The van der Waals surface area contributed by atoms with Crippen molar-refractivity contribution in [2.45, 2.75) is 38.3 Å². The maximum atomic E-state index is 12.0. The first-order valence-corrected chi connectivity index (χ1v) is 7.29. The monoisotopic (exact) mass is 300 g/mol. The van der Waals surface area contributed by atoms with E-state index in [0.29, 0.717) is 16.6 Å². The van der Waals surface area contributed by atoms with Crippen molar-refractivity contribution in [3.8, 4) is 0 Å². The third-order valence-corrected chi connectivity index (χ3v) is 4.20. The fourth-order valence-corrected chi connectivity index (χ4v) is 2.85. The van der Waals surface area contributed by atoms with Crippen LogP contribution in [0.3, 0.4) is 0 Å². The van der Waals surface area contributed by atoms with E-state index in [2.05, 4.69) is 5.32 Å². The molecular weight excluding hydrogens is 283 g/mol. The molecule has 0 aliphatic heterocycles. The van der Waals surface area contributed by atoms with Gasteiger partial charge in [0.2, 0.25) is 5.91 Å². The van der Waals surface area contributed by atoms with Crippen LogP contribution in [0.4, 0.5) is 0 Å². The fourth-order valence-electron chi connectivity index (χ4n) is 2.37. The van der Waals surface area contributed by atoms with Gasteiger partial charge in [-0.3, -0.25) is 4.79 Å². The van der Waals surface area contributed by atoms with Gasteiger partial charge in [-0.25, -0.2) is 0 Å². The quantitative estimate of drug-likeness (QED) is 0.901. The first-order chi connectivity index (χ1) is 9.06. The average Bonchev–Trinajstić information content (AvgIpc) is 2.38. The zero-order valence-corrected chi connectivity index (χ0v) is 12.2. The standard InChI is InChI=1S/C14H18Cl2N2O/c15-11-4-1-10(13(16)7-11)8-18-14(19)9-2-5-12(17)6-3-9/h1,4,7,9,12H,2-3,5-6,8,17H2,(H,18,19). The number of halogens is 2. The first-order valence-electron chi connectivity index (χ1n) is 6.53. The van der Waals surface area contributed by atoms with E-state index in [1.807, 2.05) is 6.07 Å². The molecule has 2 rings (SSSR count). The van der Waals surface area contributed by atoms with Crippen LogP contribution >= 0.6 is 23.2 Å². The van der Waals surface area contributed by atoms with Gasteiger partial charge in [-0.15, -0.1) is 0 Å². The topological polar surface area (TPSA) is 55.1 Å². The second-order valence-corrected chi connectivity index (χ2v) is 5.91. The molecule has 1 saturated carbocycles. The SMILES string of the molecule is NC1CCC(C(=O)NCc2ccc(Cl)cc2Cl)CC1. The summed E-state index contributed by atoms with van der Waals surface area (Å²) in [7, 11) is 0. The van der Waals surface area contributed by atoms with Crippen LogP contribution < -0.4 is 11.1 Å². The van der Waals surface area contributed by atoms with Crippen LogP contribution in [0.2, 0.25) is 10.0 Å². The number of benzene rings is 1. The minimum atomic E-state index is 0.0888. The van der Waals surface area contributed by atoms with Crippen LogP contribution in [0, 0.1) is 5.92 Å².